The van der Waals surface area contributed by atoms with Crippen LogP contribution in [0.4, 0.5) is 4.79 Å². The van der Waals surface area contributed by atoms with Gasteiger partial charge in [-0.3, -0.25) is 0 Å². The summed E-state index contributed by atoms with van der Waals surface area (Å²) in [6.45, 7) is 9.96. The van der Waals surface area contributed by atoms with Gasteiger partial charge in [-0.1, -0.05) is 35.0 Å². The molecule has 26 heavy (non-hydrogen) atoms. The van der Waals surface area contributed by atoms with Crippen molar-refractivity contribution in [3.8, 4) is 0 Å². The third-order valence-corrected chi connectivity index (χ3v) is 5.82. The molecular weight excluding hydrogens is 394 g/mol. The van der Waals surface area contributed by atoms with E-state index >= 15 is 0 Å². The monoisotopic (exact) mass is 423 g/mol. The lowest BCUT2D eigenvalue weighted by atomic mass is 9.76. The SMILES string of the molecule is CC(C)N(C(=O)O/C=C1\CCC[C@]1(C)[C@H](O)c1ccc(Br)cc1)C(C)C. The Kier molecular flexibility index (Phi) is 6.92. The maximum atomic E-state index is 12.5. The summed E-state index contributed by atoms with van der Waals surface area (Å²) >= 11 is 3.43. The first kappa shape index (κ1) is 21.0. The van der Waals surface area contributed by atoms with Crippen molar-refractivity contribution in [2.24, 2.45) is 5.41 Å². The molecule has 1 fully saturated rings. The summed E-state index contributed by atoms with van der Waals surface area (Å²) in [5.41, 5.74) is 1.45. The van der Waals surface area contributed by atoms with Crippen LogP contribution in [0.5, 0.6) is 0 Å². The first-order valence-electron chi connectivity index (χ1n) is 9.29. The fraction of sp³-hybridized carbons (Fsp3) is 0.571. The van der Waals surface area contributed by atoms with Gasteiger partial charge in [-0.05, 0) is 70.2 Å². The minimum atomic E-state index is -0.630. The molecule has 0 spiro atoms. The van der Waals surface area contributed by atoms with Crippen LogP contribution in [-0.2, 0) is 4.74 Å². The maximum Gasteiger partial charge on any atom is 0.415 e. The summed E-state index contributed by atoms with van der Waals surface area (Å²) in [4.78, 5) is 14.2. The van der Waals surface area contributed by atoms with Gasteiger partial charge in [-0.15, -0.1) is 0 Å². The third-order valence-electron chi connectivity index (χ3n) is 5.29. The van der Waals surface area contributed by atoms with Gasteiger partial charge in [0.05, 0.1) is 12.4 Å². The zero-order valence-corrected chi connectivity index (χ0v) is 17.9. The molecule has 1 saturated carbocycles. The van der Waals surface area contributed by atoms with Crippen LogP contribution in [0.3, 0.4) is 0 Å². The van der Waals surface area contributed by atoms with Crippen molar-refractivity contribution >= 4 is 22.0 Å². The number of rotatable bonds is 5. The number of amides is 1. The number of aliphatic hydroxyl groups is 1. The van der Waals surface area contributed by atoms with E-state index in [1.54, 1.807) is 11.2 Å². The second kappa shape index (κ2) is 8.57. The fourth-order valence-electron chi connectivity index (χ4n) is 3.81. The molecule has 0 unspecified atom stereocenters. The van der Waals surface area contributed by atoms with Crippen LogP contribution >= 0.6 is 15.9 Å². The van der Waals surface area contributed by atoms with Gasteiger partial charge >= 0.3 is 6.09 Å². The number of hydrogen-bond acceptors (Lipinski definition) is 3. The Morgan fingerprint density at radius 2 is 1.81 bits per heavy atom. The van der Waals surface area contributed by atoms with Crippen LogP contribution in [0.15, 0.2) is 40.6 Å². The van der Waals surface area contributed by atoms with Crippen molar-refractivity contribution in [2.45, 2.75) is 72.1 Å². The highest BCUT2D eigenvalue weighted by atomic mass is 79.9. The van der Waals surface area contributed by atoms with Gasteiger partial charge in [0.1, 0.15) is 0 Å². The van der Waals surface area contributed by atoms with Gasteiger partial charge in [0.25, 0.3) is 0 Å². The van der Waals surface area contributed by atoms with E-state index in [1.807, 2.05) is 52.0 Å². The van der Waals surface area contributed by atoms with Gasteiger partial charge in [-0.2, -0.15) is 0 Å². The predicted octanol–water partition coefficient (Wildman–Crippen LogP) is 5.81. The van der Waals surface area contributed by atoms with Gasteiger partial charge < -0.3 is 14.7 Å². The molecule has 4 nitrogen and oxygen atoms in total. The molecule has 5 heteroatoms. The van der Waals surface area contributed by atoms with Crippen molar-refractivity contribution < 1.29 is 14.6 Å². The average Bonchev–Trinajstić information content (AvgIpc) is 2.94. The Morgan fingerprint density at radius 1 is 1.23 bits per heavy atom. The average molecular weight is 424 g/mol. The smallest absolute Gasteiger partial charge is 0.415 e. The Balaban J connectivity index is 2.18. The summed E-state index contributed by atoms with van der Waals surface area (Å²) in [6, 6.07) is 7.88. The van der Waals surface area contributed by atoms with E-state index in [0.29, 0.717) is 0 Å². The zero-order chi connectivity index (χ0) is 19.5. The molecule has 1 amide bonds. The lowest BCUT2D eigenvalue weighted by Crippen LogP contribution is -2.41. The Bertz CT molecular complexity index is 646. The number of hydrogen-bond donors (Lipinski definition) is 1. The molecule has 1 aromatic rings. The van der Waals surface area contributed by atoms with Crippen LogP contribution < -0.4 is 0 Å². The molecule has 144 valence electrons. The van der Waals surface area contributed by atoms with Crippen molar-refractivity contribution in [2.75, 3.05) is 0 Å². The van der Waals surface area contributed by atoms with E-state index in [1.165, 1.54) is 0 Å². The topological polar surface area (TPSA) is 49.8 Å². The normalized spacial score (nSPS) is 22.9. The molecule has 0 aromatic heterocycles. The van der Waals surface area contributed by atoms with E-state index in [-0.39, 0.29) is 18.2 Å². The molecule has 0 heterocycles. The van der Waals surface area contributed by atoms with Crippen LogP contribution in [0.25, 0.3) is 0 Å². The van der Waals surface area contributed by atoms with E-state index < -0.39 is 11.5 Å². The molecule has 0 saturated heterocycles. The highest BCUT2D eigenvalue weighted by molar-refractivity contribution is 9.10. The van der Waals surface area contributed by atoms with Crippen molar-refractivity contribution in [1.82, 2.24) is 4.90 Å². The second-order valence-electron chi connectivity index (χ2n) is 7.85. The zero-order valence-electron chi connectivity index (χ0n) is 16.3. The van der Waals surface area contributed by atoms with Gasteiger partial charge in [0.15, 0.2) is 0 Å². The summed E-state index contributed by atoms with van der Waals surface area (Å²) in [7, 11) is 0. The minimum absolute atomic E-state index is 0.0733. The quantitative estimate of drug-likeness (QED) is 0.607. The lowest BCUT2D eigenvalue weighted by molar-refractivity contribution is 0.0623. The second-order valence-corrected chi connectivity index (χ2v) is 8.76. The molecule has 1 aliphatic rings. The fourth-order valence-corrected chi connectivity index (χ4v) is 4.08. The third kappa shape index (κ3) is 4.49. The molecule has 1 N–H and O–H groups in total. The van der Waals surface area contributed by atoms with Crippen LogP contribution in [0, 0.1) is 5.41 Å². The molecule has 1 aromatic carbocycles. The molecule has 1 aliphatic carbocycles. The lowest BCUT2D eigenvalue weighted by Gasteiger charge is -2.33. The van der Waals surface area contributed by atoms with Crippen molar-refractivity contribution in [3.05, 3.63) is 46.1 Å². The molecule has 0 radical (unpaired) electrons. The first-order chi connectivity index (χ1) is 12.2. The number of carbonyl (C=O) groups excluding carboxylic acids is 1. The van der Waals surface area contributed by atoms with Gasteiger partial charge in [0, 0.05) is 22.0 Å². The van der Waals surface area contributed by atoms with Crippen molar-refractivity contribution in [1.29, 1.82) is 0 Å². The largest absolute Gasteiger partial charge is 0.418 e. The van der Waals surface area contributed by atoms with E-state index in [9.17, 15) is 9.90 Å². The molecule has 0 bridgehead atoms. The highest BCUT2D eigenvalue weighted by Gasteiger charge is 2.41. The predicted molar refractivity (Wildman–Crippen MR) is 108 cm³/mol. The van der Waals surface area contributed by atoms with Gasteiger partial charge in [-0.25, -0.2) is 4.79 Å². The Labute approximate surface area is 165 Å². The molecule has 2 atom stereocenters. The summed E-state index contributed by atoms with van der Waals surface area (Å²) in [5.74, 6) is 0. The van der Waals surface area contributed by atoms with E-state index in [4.69, 9.17) is 4.74 Å². The van der Waals surface area contributed by atoms with E-state index in [2.05, 4.69) is 22.9 Å². The summed E-state index contributed by atoms with van der Waals surface area (Å²) in [5, 5.41) is 11.0. The molecular formula is C21H30BrNO3. The number of aliphatic hydroxyl groups excluding tert-OH is 1. The Hall–Kier alpha value is -1.33. The Morgan fingerprint density at radius 3 is 2.35 bits per heavy atom. The van der Waals surface area contributed by atoms with Crippen LogP contribution in [-0.4, -0.2) is 28.2 Å². The first-order valence-corrected chi connectivity index (χ1v) is 10.1. The van der Waals surface area contributed by atoms with Gasteiger partial charge in [0.2, 0.25) is 0 Å². The van der Waals surface area contributed by atoms with E-state index in [0.717, 1.165) is 34.9 Å². The number of ether oxygens (including phenoxy) is 1. The molecule has 2 rings (SSSR count). The summed E-state index contributed by atoms with van der Waals surface area (Å²) in [6.07, 6.45) is 3.29. The highest BCUT2D eigenvalue weighted by Crippen LogP contribution is 2.51. The summed E-state index contributed by atoms with van der Waals surface area (Å²) < 4.78 is 6.50. The van der Waals surface area contributed by atoms with Crippen LogP contribution in [0.1, 0.15) is 65.5 Å². The standard InChI is InChI=1S/C21H30BrNO3/c1-14(2)23(15(3)4)20(25)26-13-17-7-6-12-21(17,5)19(24)16-8-10-18(22)11-9-16/h8-11,13-15,19,24H,6-7,12H2,1-5H3/b17-13+/t19-,21+/m1/s1. The number of halogens is 1. The molecule has 0 aliphatic heterocycles. The maximum absolute atomic E-state index is 12.5. The number of nitrogens with zero attached hydrogens (tertiary/aromatic N) is 1. The van der Waals surface area contributed by atoms with Crippen LogP contribution in [0.2, 0.25) is 0 Å². The minimum Gasteiger partial charge on any atom is -0.418 e. The number of benzene rings is 1. The number of carbonyl (C=O) groups is 1. The van der Waals surface area contributed by atoms with Crippen molar-refractivity contribution in [3.63, 3.8) is 0 Å².